The van der Waals surface area contributed by atoms with Crippen molar-refractivity contribution in [2.75, 3.05) is 34.9 Å². The summed E-state index contributed by atoms with van der Waals surface area (Å²) in [5.41, 5.74) is 2.99. The number of halogens is 1. The first-order valence-corrected chi connectivity index (χ1v) is 20.4. The van der Waals surface area contributed by atoms with E-state index < -0.39 is 30.5 Å². The summed E-state index contributed by atoms with van der Waals surface area (Å²) in [5.74, 6) is 0.671. The summed E-state index contributed by atoms with van der Waals surface area (Å²) in [7, 11) is -5.90. The van der Waals surface area contributed by atoms with E-state index in [9.17, 15) is 18.9 Å². The molecule has 0 bridgehead atoms. The van der Waals surface area contributed by atoms with Crippen LogP contribution in [0.2, 0.25) is 21.6 Å². The highest BCUT2D eigenvalue weighted by molar-refractivity contribution is 7.88. The fraction of sp³-hybridized carbons (Fsp3) is 0.581. The average Bonchev–Trinajstić information content (AvgIpc) is 3.71. The summed E-state index contributed by atoms with van der Waals surface area (Å²) in [4.78, 5) is 11.0. The molecule has 5 rings (SSSR count). The van der Waals surface area contributed by atoms with Crippen LogP contribution < -0.4 is 20.3 Å². The number of hydrogen-bond acceptors (Lipinski definition) is 11. The number of nitriles is 2. The molecule has 0 spiro atoms. The van der Waals surface area contributed by atoms with Crippen LogP contribution in [0.3, 0.4) is 0 Å². The maximum absolute atomic E-state index is 12.4. The van der Waals surface area contributed by atoms with Crippen LogP contribution in [0.4, 0.5) is 23.1 Å². The van der Waals surface area contributed by atoms with Gasteiger partial charge in [0, 0.05) is 19.1 Å². The number of hydrogen-bond donors (Lipinski definition) is 3. The van der Waals surface area contributed by atoms with Crippen LogP contribution in [0.5, 0.6) is 0 Å². The van der Waals surface area contributed by atoms with Crippen molar-refractivity contribution >= 4 is 58.7 Å². The molecule has 1 saturated heterocycles. The molecule has 3 aromatic rings. The van der Waals surface area contributed by atoms with E-state index >= 15 is 0 Å². The quantitative estimate of drug-likeness (QED) is 0.203. The molecular formula is C31H43ClN10O3SSi. The summed E-state index contributed by atoms with van der Waals surface area (Å²) in [5, 5.41) is 31.0. The maximum atomic E-state index is 12.4. The molecule has 3 heterocycles. The zero-order chi connectivity index (χ0) is 34.3. The molecule has 0 radical (unpaired) electrons. The van der Waals surface area contributed by atoms with E-state index in [2.05, 4.69) is 89.0 Å². The normalized spacial score (nSPS) is 19.0. The van der Waals surface area contributed by atoms with Crippen molar-refractivity contribution in [3.63, 3.8) is 0 Å². The Hall–Kier alpha value is -3.47. The number of benzene rings is 1. The SMILES string of the molecule is CC(C)[Si](O[C@@H]1CN(c2cc(C#N)cc(Nc3nc(NC4CC4)c4ncc(C#N)n4n3)c2Cl)CC[C@H]1NS(C)(=O)=O)(C(C)C)C(C)C. The lowest BCUT2D eigenvalue weighted by Gasteiger charge is -2.49. The molecule has 16 heteroatoms. The Bertz CT molecular complexity index is 1810. The van der Waals surface area contributed by atoms with Crippen molar-refractivity contribution in [3.05, 3.63) is 34.6 Å². The monoisotopic (exact) mass is 698 g/mol. The summed E-state index contributed by atoms with van der Waals surface area (Å²) >= 11 is 7.09. The zero-order valence-electron chi connectivity index (χ0n) is 27.9. The summed E-state index contributed by atoms with van der Waals surface area (Å²) in [6.07, 6.45) is 4.70. The fourth-order valence-electron chi connectivity index (χ4n) is 6.98. The predicted octanol–water partition coefficient (Wildman–Crippen LogP) is 5.53. The molecule has 1 aliphatic heterocycles. The number of piperidine rings is 1. The lowest BCUT2D eigenvalue weighted by Crippen LogP contribution is -2.61. The molecule has 2 aromatic heterocycles. The third-order valence-corrected chi connectivity index (χ3v) is 16.4. The molecule has 1 saturated carbocycles. The fourth-order valence-corrected chi connectivity index (χ4v) is 13.7. The summed E-state index contributed by atoms with van der Waals surface area (Å²) in [6, 6.07) is 7.57. The van der Waals surface area contributed by atoms with Crippen LogP contribution in [0, 0.1) is 22.7 Å². The lowest BCUT2D eigenvalue weighted by molar-refractivity contribution is 0.127. The van der Waals surface area contributed by atoms with Gasteiger partial charge in [0.05, 0.1) is 52.6 Å². The van der Waals surface area contributed by atoms with Crippen LogP contribution in [-0.2, 0) is 14.4 Å². The van der Waals surface area contributed by atoms with E-state index in [1.54, 1.807) is 12.1 Å². The van der Waals surface area contributed by atoms with E-state index in [-0.39, 0.29) is 17.7 Å². The number of nitrogens with zero attached hydrogens (tertiary/aromatic N) is 7. The van der Waals surface area contributed by atoms with Gasteiger partial charge < -0.3 is 20.0 Å². The van der Waals surface area contributed by atoms with Gasteiger partial charge >= 0.3 is 0 Å². The highest BCUT2D eigenvalue weighted by atomic mass is 35.5. The Morgan fingerprint density at radius 3 is 2.32 bits per heavy atom. The van der Waals surface area contributed by atoms with E-state index in [1.807, 2.05) is 0 Å². The van der Waals surface area contributed by atoms with E-state index in [1.165, 1.54) is 17.0 Å². The van der Waals surface area contributed by atoms with Gasteiger partial charge in [-0.15, -0.1) is 5.10 Å². The number of fused-ring (bicyclic) bond motifs is 1. The third-order valence-electron chi connectivity index (χ3n) is 9.15. The Labute approximate surface area is 282 Å². The van der Waals surface area contributed by atoms with Crippen molar-refractivity contribution in [2.45, 2.75) is 95.6 Å². The highest BCUT2D eigenvalue weighted by Gasteiger charge is 2.49. The number of sulfonamides is 1. The number of imidazole rings is 1. The Morgan fingerprint density at radius 1 is 1.06 bits per heavy atom. The van der Waals surface area contributed by atoms with Gasteiger partial charge in [-0.1, -0.05) is 53.1 Å². The first-order chi connectivity index (χ1) is 22.2. The Morgan fingerprint density at radius 2 is 1.74 bits per heavy atom. The van der Waals surface area contributed by atoms with Crippen molar-refractivity contribution in [1.29, 1.82) is 10.5 Å². The van der Waals surface area contributed by atoms with Gasteiger partial charge in [0.2, 0.25) is 24.3 Å². The number of aromatic nitrogens is 4. The first kappa shape index (κ1) is 34.9. The van der Waals surface area contributed by atoms with E-state index in [4.69, 9.17) is 16.0 Å². The van der Waals surface area contributed by atoms with Crippen LogP contribution in [0.25, 0.3) is 5.65 Å². The highest BCUT2D eigenvalue weighted by Crippen LogP contribution is 2.45. The molecule has 0 amide bonds. The van der Waals surface area contributed by atoms with Gasteiger partial charge in [-0.25, -0.2) is 18.1 Å². The van der Waals surface area contributed by atoms with Gasteiger partial charge in [-0.05, 0) is 48.0 Å². The summed E-state index contributed by atoms with van der Waals surface area (Å²) < 4.78 is 36.3. The standard InChI is InChI=1S/C31H43ClN10O3SSi/c1-18(2)47(19(3)4,20(5)6)45-27-17-41(11-10-24(27)40-46(7,43)44)26-13-21(14-33)12-25(28(26)32)37-31-38-29(36-22-8-9-22)30-35-16-23(15-34)42(30)39-31/h12-13,16,18-20,22,24,27,40H,8-11,17H2,1-7H3,(H2,36,37,38,39)/t24-,27-/m1/s1. The third kappa shape index (κ3) is 7.34. The molecule has 2 fully saturated rings. The molecule has 1 aromatic carbocycles. The molecule has 47 heavy (non-hydrogen) atoms. The second-order valence-corrected chi connectivity index (χ2v) is 21.1. The molecule has 252 valence electrons. The minimum atomic E-state index is -3.50. The average molecular weight is 699 g/mol. The second-order valence-electron chi connectivity index (χ2n) is 13.5. The van der Waals surface area contributed by atoms with Gasteiger partial charge in [0.25, 0.3) is 0 Å². The Balaban J connectivity index is 1.52. The van der Waals surface area contributed by atoms with Gasteiger partial charge in [0.15, 0.2) is 17.2 Å². The summed E-state index contributed by atoms with van der Waals surface area (Å²) in [6.45, 7) is 14.1. The van der Waals surface area contributed by atoms with Crippen LogP contribution >= 0.6 is 11.6 Å². The number of anilines is 4. The molecule has 2 aliphatic rings. The maximum Gasteiger partial charge on any atom is 0.247 e. The van der Waals surface area contributed by atoms with Crippen molar-refractivity contribution in [1.82, 2.24) is 24.3 Å². The van der Waals surface area contributed by atoms with Crippen molar-refractivity contribution < 1.29 is 12.8 Å². The van der Waals surface area contributed by atoms with Crippen LogP contribution in [0.15, 0.2) is 18.3 Å². The largest absolute Gasteiger partial charge is 0.410 e. The van der Waals surface area contributed by atoms with Gasteiger partial charge in [-0.2, -0.15) is 20.0 Å². The smallest absolute Gasteiger partial charge is 0.247 e. The number of nitrogens with one attached hydrogen (secondary N) is 3. The molecule has 13 nitrogen and oxygen atoms in total. The van der Waals surface area contributed by atoms with E-state index in [0.717, 1.165) is 12.8 Å². The van der Waals surface area contributed by atoms with Gasteiger partial charge in [-0.3, -0.25) is 0 Å². The predicted molar refractivity (Wildman–Crippen MR) is 186 cm³/mol. The van der Waals surface area contributed by atoms with Crippen molar-refractivity contribution in [2.24, 2.45) is 0 Å². The minimum absolute atomic E-state index is 0.178. The van der Waals surface area contributed by atoms with Crippen molar-refractivity contribution in [3.8, 4) is 12.1 Å². The molecular weight excluding hydrogens is 656 g/mol. The number of rotatable bonds is 12. The van der Waals surface area contributed by atoms with Crippen LogP contribution in [-0.4, -0.2) is 73.9 Å². The van der Waals surface area contributed by atoms with E-state index in [0.29, 0.717) is 69.6 Å². The van der Waals surface area contributed by atoms with Crippen LogP contribution in [0.1, 0.15) is 72.1 Å². The zero-order valence-corrected chi connectivity index (χ0v) is 30.4. The first-order valence-electron chi connectivity index (χ1n) is 16.0. The minimum Gasteiger partial charge on any atom is -0.410 e. The molecule has 2 atom stereocenters. The second kappa shape index (κ2) is 13.6. The van der Waals surface area contributed by atoms with Gasteiger partial charge in [0.1, 0.15) is 6.07 Å². The molecule has 0 unspecified atom stereocenters. The lowest BCUT2D eigenvalue weighted by atomic mass is 10.0. The molecule has 3 N–H and O–H groups in total. The molecule has 1 aliphatic carbocycles. The topological polar surface area (TPSA) is 173 Å². The Kier molecular flexibility index (Phi) is 10.1.